The van der Waals surface area contributed by atoms with Crippen LogP contribution in [-0.4, -0.2) is 26.9 Å². The Balaban J connectivity index is 2.42. The first-order chi connectivity index (χ1) is 8.79. The number of alkyl halides is 3. The highest BCUT2D eigenvalue weighted by Crippen LogP contribution is 2.43. The first kappa shape index (κ1) is 14.0. The lowest BCUT2D eigenvalue weighted by molar-refractivity contribution is -0.199. The summed E-state index contributed by atoms with van der Waals surface area (Å²) in [4.78, 5) is 15.2. The zero-order chi connectivity index (χ0) is 14.2. The Morgan fingerprint density at radius 2 is 2.11 bits per heavy atom. The second-order valence-corrected chi connectivity index (χ2v) is 5.00. The Bertz CT molecular complexity index is 512. The quantitative estimate of drug-likeness (QED) is 0.851. The zero-order valence-corrected chi connectivity index (χ0v) is 10.4. The van der Waals surface area contributed by atoms with E-state index in [1.807, 2.05) is 0 Å². The molecule has 0 saturated heterocycles. The number of aryl methyl sites for hydroxylation is 1. The Hall–Kier alpha value is -1.37. The van der Waals surface area contributed by atoms with Gasteiger partial charge in [-0.05, 0) is 31.7 Å². The van der Waals surface area contributed by atoms with Crippen LogP contribution in [-0.2, 0) is 0 Å². The number of rotatable bonds is 1. The van der Waals surface area contributed by atoms with Gasteiger partial charge < -0.3 is 5.11 Å². The van der Waals surface area contributed by atoms with E-state index in [1.165, 1.54) is 12.4 Å². The van der Waals surface area contributed by atoms with Gasteiger partial charge in [-0.1, -0.05) is 0 Å². The van der Waals surface area contributed by atoms with Crippen molar-refractivity contribution >= 4 is 0 Å². The summed E-state index contributed by atoms with van der Waals surface area (Å²) in [5, 5.41) is 9.58. The number of nitrogens with zero attached hydrogens (tertiary/aromatic N) is 2. The van der Waals surface area contributed by atoms with E-state index in [0.29, 0.717) is 5.56 Å². The van der Waals surface area contributed by atoms with Gasteiger partial charge in [-0.15, -0.1) is 0 Å². The number of hydrogen-bond donors (Lipinski definition) is 1. The van der Waals surface area contributed by atoms with Crippen molar-refractivity contribution in [2.45, 2.75) is 44.5 Å². The average Bonchev–Trinajstić information content (AvgIpc) is 2.30. The van der Waals surface area contributed by atoms with E-state index >= 15 is 0 Å². The van der Waals surface area contributed by atoms with E-state index < -0.39 is 29.9 Å². The normalized spacial score (nSPS) is 28.4. The van der Waals surface area contributed by atoms with E-state index in [0.717, 1.165) is 4.57 Å². The molecule has 1 aromatic rings. The minimum Gasteiger partial charge on any atom is -0.393 e. The molecule has 1 aliphatic rings. The van der Waals surface area contributed by atoms with Crippen molar-refractivity contribution in [1.29, 1.82) is 0 Å². The molecule has 1 aliphatic carbocycles. The largest absolute Gasteiger partial charge is 0.393 e. The van der Waals surface area contributed by atoms with Crippen molar-refractivity contribution in [2.24, 2.45) is 5.92 Å². The van der Waals surface area contributed by atoms with Crippen molar-refractivity contribution in [3.8, 4) is 0 Å². The van der Waals surface area contributed by atoms with E-state index in [4.69, 9.17) is 0 Å². The van der Waals surface area contributed by atoms with Crippen LogP contribution in [0.25, 0.3) is 0 Å². The van der Waals surface area contributed by atoms with Gasteiger partial charge in [-0.3, -0.25) is 4.57 Å². The molecule has 0 amide bonds. The van der Waals surface area contributed by atoms with E-state index in [9.17, 15) is 23.1 Å². The first-order valence-corrected chi connectivity index (χ1v) is 6.08. The number of hydrogen-bond acceptors (Lipinski definition) is 3. The fourth-order valence-electron chi connectivity index (χ4n) is 2.58. The highest BCUT2D eigenvalue weighted by Gasteiger charge is 2.48. The summed E-state index contributed by atoms with van der Waals surface area (Å²) in [6.07, 6.45) is -2.64. The summed E-state index contributed by atoms with van der Waals surface area (Å²) in [6.45, 7) is 1.66. The van der Waals surface area contributed by atoms with Crippen LogP contribution in [0, 0.1) is 12.8 Å². The topological polar surface area (TPSA) is 55.1 Å². The van der Waals surface area contributed by atoms with Crippen LogP contribution in [0.3, 0.4) is 0 Å². The lowest BCUT2D eigenvalue weighted by atomic mass is 9.82. The minimum absolute atomic E-state index is 0.0742. The van der Waals surface area contributed by atoms with Crippen LogP contribution in [0.2, 0.25) is 0 Å². The molecule has 2 rings (SSSR count). The lowest BCUT2D eigenvalue weighted by Gasteiger charge is -2.36. The molecule has 1 fully saturated rings. The third kappa shape index (κ3) is 2.97. The molecule has 0 bridgehead atoms. The molecule has 3 atom stereocenters. The van der Waals surface area contributed by atoms with Crippen molar-refractivity contribution < 1.29 is 18.3 Å². The summed E-state index contributed by atoms with van der Waals surface area (Å²) in [5.41, 5.74) is -0.0977. The fraction of sp³-hybridized carbons (Fsp3) is 0.667. The second kappa shape index (κ2) is 4.96. The average molecular weight is 276 g/mol. The summed E-state index contributed by atoms with van der Waals surface area (Å²) in [7, 11) is 0. The van der Waals surface area contributed by atoms with Gasteiger partial charge in [0, 0.05) is 12.4 Å². The molecule has 0 aromatic carbocycles. The third-order valence-electron chi connectivity index (χ3n) is 3.51. The fourth-order valence-corrected chi connectivity index (χ4v) is 2.58. The van der Waals surface area contributed by atoms with Gasteiger partial charge in [-0.2, -0.15) is 13.2 Å². The molecule has 0 spiro atoms. The summed E-state index contributed by atoms with van der Waals surface area (Å²) >= 11 is 0. The summed E-state index contributed by atoms with van der Waals surface area (Å²) in [5.74, 6) is -1.61. The maximum atomic E-state index is 13.0. The summed E-state index contributed by atoms with van der Waals surface area (Å²) < 4.78 is 40.1. The highest BCUT2D eigenvalue weighted by molar-refractivity contribution is 5.02. The van der Waals surface area contributed by atoms with Crippen LogP contribution in [0.4, 0.5) is 13.2 Å². The Labute approximate surface area is 107 Å². The molecule has 3 unspecified atom stereocenters. The van der Waals surface area contributed by atoms with Gasteiger partial charge in [0.2, 0.25) is 0 Å². The third-order valence-corrected chi connectivity index (χ3v) is 3.51. The Morgan fingerprint density at radius 1 is 1.42 bits per heavy atom. The number of halogens is 3. The predicted molar refractivity (Wildman–Crippen MR) is 61.7 cm³/mol. The molecule has 1 saturated carbocycles. The first-order valence-electron chi connectivity index (χ1n) is 6.08. The molecule has 0 aliphatic heterocycles. The van der Waals surface area contributed by atoms with Crippen LogP contribution >= 0.6 is 0 Å². The van der Waals surface area contributed by atoms with Crippen LogP contribution in [0.5, 0.6) is 0 Å². The highest BCUT2D eigenvalue weighted by atomic mass is 19.4. The molecule has 0 radical (unpaired) electrons. The van der Waals surface area contributed by atoms with Crippen molar-refractivity contribution in [3.63, 3.8) is 0 Å². The van der Waals surface area contributed by atoms with Crippen LogP contribution in [0.15, 0.2) is 17.2 Å². The van der Waals surface area contributed by atoms with Crippen LogP contribution in [0.1, 0.15) is 30.9 Å². The lowest BCUT2D eigenvalue weighted by Crippen LogP contribution is -2.42. The van der Waals surface area contributed by atoms with Gasteiger partial charge >= 0.3 is 11.9 Å². The van der Waals surface area contributed by atoms with Gasteiger partial charge in [-0.25, -0.2) is 9.78 Å². The maximum Gasteiger partial charge on any atom is 0.393 e. The molecule has 1 aromatic heterocycles. The smallest absolute Gasteiger partial charge is 0.393 e. The summed E-state index contributed by atoms with van der Waals surface area (Å²) in [6, 6.07) is -1.08. The molecule has 1 heterocycles. The molecular weight excluding hydrogens is 261 g/mol. The SMILES string of the molecule is Cc1cnc(=O)n(C2CC(O)CCC2C(F)(F)F)c1. The molecule has 4 nitrogen and oxygen atoms in total. The zero-order valence-electron chi connectivity index (χ0n) is 10.4. The minimum atomic E-state index is -4.38. The molecule has 19 heavy (non-hydrogen) atoms. The molecule has 7 heteroatoms. The molecule has 1 N–H and O–H groups in total. The van der Waals surface area contributed by atoms with Crippen molar-refractivity contribution in [2.75, 3.05) is 0 Å². The van der Waals surface area contributed by atoms with Crippen molar-refractivity contribution in [3.05, 3.63) is 28.4 Å². The number of aliphatic hydroxyl groups excluding tert-OH is 1. The van der Waals surface area contributed by atoms with Gasteiger partial charge in [0.25, 0.3) is 0 Å². The predicted octanol–water partition coefficient (Wildman–Crippen LogP) is 1.82. The van der Waals surface area contributed by atoms with Gasteiger partial charge in [0.15, 0.2) is 0 Å². The maximum absolute atomic E-state index is 13.0. The van der Waals surface area contributed by atoms with E-state index in [-0.39, 0.29) is 19.3 Å². The number of aromatic nitrogens is 2. The molecule has 106 valence electrons. The molecular formula is C12H15F3N2O2. The van der Waals surface area contributed by atoms with E-state index in [1.54, 1.807) is 6.92 Å². The Morgan fingerprint density at radius 3 is 2.74 bits per heavy atom. The number of aliphatic hydroxyl groups is 1. The standard InChI is InChI=1S/C12H15F3N2O2/c1-7-5-16-11(19)17(6-7)10-4-8(18)2-3-9(10)12(13,14)15/h5-6,8-10,18H,2-4H2,1H3. The van der Waals surface area contributed by atoms with Gasteiger partial charge in [0.1, 0.15) is 0 Å². The van der Waals surface area contributed by atoms with Crippen LogP contribution < -0.4 is 5.69 Å². The van der Waals surface area contributed by atoms with Gasteiger partial charge in [0.05, 0.1) is 18.1 Å². The monoisotopic (exact) mass is 276 g/mol. The van der Waals surface area contributed by atoms with E-state index in [2.05, 4.69) is 4.98 Å². The second-order valence-electron chi connectivity index (χ2n) is 5.00. The van der Waals surface area contributed by atoms with Crippen molar-refractivity contribution in [1.82, 2.24) is 9.55 Å². The Kier molecular flexibility index (Phi) is 3.66.